The second kappa shape index (κ2) is 7.98. The predicted molar refractivity (Wildman–Crippen MR) is 108 cm³/mol. The molecule has 134 valence electrons. The van der Waals surface area contributed by atoms with Crippen LogP contribution in [-0.4, -0.2) is 25.9 Å². The Morgan fingerprint density at radius 3 is 2.04 bits per heavy atom. The van der Waals surface area contributed by atoms with Crippen LogP contribution in [0.3, 0.4) is 0 Å². The normalized spacial score (nSPS) is 14.4. The fourth-order valence-electron chi connectivity index (χ4n) is 2.27. The second-order valence-corrected chi connectivity index (χ2v) is 12.7. The number of nitrogens with zero attached hydrogens (tertiary/aromatic N) is 1. The highest BCUT2D eigenvalue weighted by Gasteiger charge is 2.38. The van der Waals surface area contributed by atoms with E-state index in [2.05, 4.69) is 33.9 Å². The highest BCUT2D eigenvalue weighted by Crippen LogP contribution is 2.37. The first-order valence-corrected chi connectivity index (χ1v) is 11.7. The largest absolute Gasteiger partial charge is 0.623 e. The van der Waals surface area contributed by atoms with E-state index in [0.717, 1.165) is 15.9 Å². The van der Waals surface area contributed by atoms with Gasteiger partial charge < -0.3 is 9.63 Å². The fraction of sp³-hybridized carbons (Fsp3) is 0.381. The first-order chi connectivity index (χ1) is 11.7. The number of hydrogen-bond donors (Lipinski definition) is 0. The molecule has 0 aliphatic carbocycles. The molecule has 0 saturated heterocycles. The van der Waals surface area contributed by atoms with Crippen molar-refractivity contribution in [1.82, 2.24) is 0 Å². The molecule has 1 unspecified atom stereocenters. The van der Waals surface area contributed by atoms with E-state index >= 15 is 0 Å². The maximum absolute atomic E-state index is 12.9. The molecule has 0 N–H and O–H groups in total. The van der Waals surface area contributed by atoms with Crippen molar-refractivity contribution in [3.63, 3.8) is 0 Å². The van der Waals surface area contributed by atoms with Crippen LogP contribution in [0.5, 0.6) is 0 Å². The highest BCUT2D eigenvalue weighted by atomic mass is 28.4. The Labute approximate surface area is 152 Å². The maximum atomic E-state index is 12.9. The molecular weight excluding hydrogens is 326 g/mol. The molecule has 2 rings (SSSR count). The van der Waals surface area contributed by atoms with Crippen LogP contribution in [0.4, 0.5) is 0 Å². The first-order valence-electron chi connectivity index (χ1n) is 8.75. The van der Waals surface area contributed by atoms with E-state index in [1.807, 2.05) is 60.7 Å². The summed E-state index contributed by atoms with van der Waals surface area (Å²) in [5.41, 5.74) is 1.87. The van der Waals surface area contributed by atoms with Crippen molar-refractivity contribution in [3.05, 3.63) is 77.0 Å². The van der Waals surface area contributed by atoms with Crippen LogP contribution < -0.4 is 0 Å². The average Bonchev–Trinajstić information content (AvgIpc) is 2.56. The molecule has 0 saturated carbocycles. The summed E-state index contributed by atoms with van der Waals surface area (Å²) >= 11 is 0. The van der Waals surface area contributed by atoms with Crippen LogP contribution in [0.1, 0.15) is 37.9 Å². The summed E-state index contributed by atoms with van der Waals surface area (Å²) in [7, 11) is -1.92. The summed E-state index contributed by atoms with van der Waals surface area (Å²) in [6.07, 6.45) is 1.65. The second-order valence-electron chi connectivity index (χ2n) is 7.90. The first kappa shape index (κ1) is 19.4. The maximum Gasteiger partial charge on any atom is 0.210 e. The lowest BCUT2D eigenvalue weighted by molar-refractivity contribution is -0.506. The Balaban J connectivity index is 2.27. The summed E-state index contributed by atoms with van der Waals surface area (Å²) in [5.74, 6) is 0. The van der Waals surface area contributed by atoms with Gasteiger partial charge >= 0.3 is 0 Å². The number of rotatable bonds is 6. The van der Waals surface area contributed by atoms with Gasteiger partial charge in [-0.15, -0.1) is 0 Å². The SMILES string of the molecule is CC(C)(C)[Si](C)(C)OCC(c1ccccc1)/[N+]([O-])=C/c1ccccc1. The summed E-state index contributed by atoms with van der Waals surface area (Å²) in [6.45, 7) is 11.5. The molecule has 0 aliphatic rings. The third kappa shape index (κ3) is 5.28. The van der Waals surface area contributed by atoms with Crippen molar-refractivity contribution in [2.24, 2.45) is 0 Å². The molecule has 4 heteroatoms. The topological polar surface area (TPSA) is 35.3 Å². The molecule has 0 amide bonds. The third-order valence-corrected chi connectivity index (χ3v) is 9.48. The van der Waals surface area contributed by atoms with Crippen LogP contribution in [-0.2, 0) is 4.43 Å². The monoisotopic (exact) mass is 355 g/mol. The van der Waals surface area contributed by atoms with E-state index in [4.69, 9.17) is 4.43 Å². The minimum absolute atomic E-state index is 0.116. The lowest BCUT2D eigenvalue weighted by Gasteiger charge is -2.36. The van der Waals surface area contributed by atoms with Crippen molar-refractivity contribution in [3.8, 4) is 0 Å². The number of hydroxylamine groups is 1. The Morgan fingerprint density at radius 1 is 1.00 bits per heavy atom. The van der Waals surface area contributed by atoms with Crippen molar-refractivity contribution in [1.29, 1.82) is 0 Å². The fourth-order valence-corrected chi connectivity index (χ4v) is 3.28. The lowest BCUT2D eigenvalue weighted by Crippen LogP contribution is -2.42. The third-order valence-electron chi connectivity index (χ3n) is 4.98. The van der Waals surface area contributed by atoms with Gasteiger partial charge in [0.25, 0.3) is 0 Å². The van der Waals surface area contributed by atoms with E-state index in [9.17, 15) is 5.21 Å². The predicted octanol–water partition coefficient (Wildman–Crippen LogP) is 5.38. The van der Waals surface area contributed by atoms with Crippen LogP contribution in [0, 0.1) is 5.21 Å². The van der Waals surface area contributed by atoms with Crippen LogP contribution in [0.15, 0.2) is 60.7 Å². The van der Waals surface area contributed by atoms with Crippen molar-refractivity contribution in [2.75, 3.05) is 6.61 Å². The van der Waals surface area contributed by atoms with Gasteiger partial charge in [-0.05, 0) is 30.3 Å². The Hall–Kier alpha value is -1.91. The van der Waals surface area contributed by atoms with E-state index in [1.54, 1.807) is 6.21 Å². The smallest absolute Gasteiger partial charge is 0.210 e. The van der Waals surface area contributed by atoms with E-state index in [1.165, 1.54) is 0 Å². The van der Waals surface area contributed by atoms with Gasteiger partial charge in [-0.2, -0.15) is 0 Å². The van der Waals surface area contributed by atoms with Crippen molar-refractivity contribution >= 4 is 14.5 Å². The number of benzene rings is 2. The minimum Gasteiger partial charge on any atom is -0.623 e. The molecule has 0 aliphatic heterocycles. The van der Waals surface area contributed by atoms with Gasteiger partial charge in [0.05, 0.1) is 0 Å². The van der Waals surface area contributed by atoms with Gasteiger partial charge in [0.2, 0.25) is 6.04 Å². The van der Waals surface area contributed by atoms with Crippen LogP contribution >= 0.6 is 0 Å². The summed E-state index contributed by atoms with van der Waals surface area (Å²) in [5, 5.41) is 13.0. The van der Waals surface area contributed by atoms with Gasteiger partial charge in [0, 0.05) is 11.1 Å². The molecule has 0 heterocycles. The van der Waals surface area contributed by atoms with E-state index in [0.29, 0.717) is 6.61 Å². The minimum atomic E-state index is -1.92. The number of hydrogen-bond acceptors (Lipinski definition) is 2. The molecular formula is C21H29NO2Si. The zero-order valence-corrected chi connectivity index (χ0v) is 16.9. The van der Waals surface area contributed by atoms with E-state index < -0.39 is 8.32 Å². The molecule has 0 aromatic heterocycles. The molecule has 0 fully saturated rings. The molecule has 1 atom stereocenters. The molecule has 0 spiro atoms. The summed E-state index contributed by atoms with van der Waals surface area (Å²) in [4.78, 5) is 0. The Bertz CT molecular complexity index is 691. The van der Waals surface area contributed by atoms with Crippen molar-refractivity contribution in [2.45, 2.75) is 44.9 Å². The van der Waals surface area contributed by atoms with Gasteiger partial charge in [-0.1, -0.05) is 69.3 Å². The van der Waals surface area contributed by atoms with Gasteiger partial charge in [-0.3, -0.25) is 0 Å². The lowest BCUT2D eigenvalue weighted by atomic mass is 10.1. The molecule has 0 bridgehead atoms. The standard InChI is InChI=1S/C21H29NO2Si/c1-21(2,3)25(4,5)24-17-20(19-14-10-7-11-15-19)22(23)16-18-12-8-6-9-13-18/h6-16,20H,17H2,1-5H3/b22-16-. The van der Waals surface area contributed by atoms with Crippen molar-refractivity contribution < 1.29 is 9.16 Å². The average molecular weight is 356 g/mol. The zero-order valence-electron chi connectivity index (χ0n) is 15.9. The van der Waals surface area contributed by atoms with Gasteiger partial charge in [0.1, 0.15) is 6.61 Å². The van der Waals surface area contributed by atoms with Gasteiger partial charge in [-0.25, -0.2) is 4.74 Å². The summed E-state index contributed by atoms with van der Waals surface area (Å²) in [6, 6.07) is 19.2. The van der Waals surface area contributed by atoms with Gasteiger partial charge in [0.15, 0.2) is 14.5 Å². The van der Waals surface area contributed by atoms with Crippen LogP contribution in [0.25, 0.3) is 0 Å². The summed E-state index contributed by atoms with van der Waals surface area (Å²) < 4.78 is 7.37. The zero-order chi connectivity index (χ0) is 18.5. The van der Waals surface area contributed by atoms with Crippen LogP contribution in [0.2, 0.25) is 18.1 Å². The quantitative estimate of drug-likeness (QED) is 0.229. The molecule has 0 radical (unpaired) electrons. The highest BCUT2D eigenvalue weighted by molar-refractivity contribution is 6.74. The van der Waals surface area contributed by atoms with E-state index in [-0.39, 0.29) is 11.1 Å². The Kier molecular flexibility index (Phi) is 6.19. The molecule has 25 heavy (non-hydrogen) atoms. The molecule has 2 aromatic rings. The molecule has 3 nitrogen and oxygen atoms in total. The molecule has 2 aromatic carbocycles. The Morgan fingerprint density at radius 2 is 1.52 bits per heavy atom.